The Labute approximate surface area is 186 Å². The van der Waals surface area contributed by atoms with Gasteiger partial charge in [-0.2, -0.15) is 10.1 Å². The molecule has 0 saturated carbocycles. The summed E-state index contributed by atoms with van der Waals surface area (Å²) in [6.07, 6.45) is 0.632. The molecule has 0 radical (unpaired) electrons. The number of aromatic nitrogens is 4. The smallest absolute Gasteiger partial charge is 0.316 e. The van der Waals surface area contributed by atoms with E-state index >= 15 is 0 Å². The summed E-state index contributed by atoms with van der Waals surface area (Å²) >= 11 is 0. The monoisotopic (exact) mass is 431 g/mol. The van der Waals surface area contributed by atoms with E-state index in [1.54, 1.807) is 7.11 Å². The van der Waals surface area contributed by atoms with E-state index in [0.29, 0.717) is 25.3 Å². The highest BCUT2D eigenvalue weighted by Gasteiger charge is 2.16. The van der Waals surface area contributed by atoms with Crippen LogP contribution < -0.4 is 10.1 Å². The number of benzene rings is 2. The van der Waals surface area contributed by atoms with Crippen LogP contribution in [0.15, 0.2) is 59.1 Å². The second kappa shape index (κ2) is 9.47. The van der Waals surface area contributed by atoms with Crippen molar-refractivity contribution in [1.82, 2.24) is 25.2 Å². The summed E-state index contributed by atoms with van der Waals surface area (Å²) in [6, 6.07) is 17.6. The van der Waals surface area contributed by atoms with Crippen molar-refractivity contribution < 1.29 is 14.1 Å². The highest BCUT2D eigenvalue weighted by molar-refractivity contribution is 5.89. The SMILES string of the molecule is COc1ccccc1CCNC(=O)c1nc(-c2ccc(Cn3nc(C)cc3C)cc2)no1. The van der Waals surface area contributed by atoms with Crippen LogP contribution in [0.3, 0.4) is 0 Å². The van der Waals surface area contributed by atoms with E-state index < -0.39 is 5.91 Å². The minimum absolute atomic E-state index is 0.0632. The lowest BCUT2D eigenvalue weighted by Crippen LogP contribution is -2.26. The maximum Gasteiger partial charge on any atom is 0.316 e. The second-order valence-corrected chi connectivity index (χ2v) is 7.52. The molecule has 0 aliphatic rings. The Balaban J connectivity index is 1.35. The van der Waals surface area contributed by atoms with Gasteiger partial charge in [0.05, 0.1) is 19.3 Å². The van der Waals surface area contributed by atoms with Crippen molar-refractivity contribution in [3.05, 3.63) is 83.0 Å². The number of nitrogens with zero attached hydrogens (tertiary/aromatic N) is 4. The molecule has 0 saturated heterocycles. The molecule has 0 spiro atoms. The number of ether oxygens (including phenoxy) is 1. The first kappa shape index (κ1) is 21.3. The van der Waals surface area contributed by atoms with Crippen LogP contribution in [0.4, 0.5) is 0 Å². The van der Waals surface area contributed by atoms with Crippen LogP contribution in [0.5, 0.6) is 5.75 Å². The molecule has 0 aliphatic carbocycles. The molecule has 2 heterocycles. The van der Waals surface area contributed by atoms with Crippen LogP contribution in [-0.4, -0.2) is 39.5 Å². The number of hydrogen-bond acceptors (Lipinski definition) is 6. The van der Waals surface area contributed by atoms with Crippen molar-refractivity contribution in [2.45, 2.75) is 26.8 Å². The van der Waals surface area contributed by atoms with E-state index in [0.717, 1.165) is 33.8 Å². The van der Waals surface area contributed by atoms with Gasteiger partial charge in [-0.15, -0.1) is 0 Å². The van der Waals surface area contributed by atoms with Crippen LogP contribution in [0, 0.1) is 13.8 Å². The van der Waals surface area contributed by atoms with Gasteiger partial charge in [0.2, 0.25) is 5.82 Å². The first-order valence-electron chi connectivity index (χ1n) is 10.4. The minimum atomic E-state index is -0.403. The molecule has 4 aromatic rings. The van der Waals surface area contributed by atoms with Crippen LogP contribution in [-0.2, 0) is 13.0 Å². The zero-order valence-electron chi connectivity index (χ0n) is 18.3. The molecule has 8 nitrogen and oxygen atoms in total. The third kappa shape index (κ3) is 4.85. The molecule has 1 amide bonds. The van der Waals surface area contributed by atoms with Gasteiger partial charge < -0.3 is 14.6 Å². The Morgan fingerprint density at radius 3 is 2.62 bits per heavy atom. The number of aryl methyl sites for hydroxylation is 2. The second-order valence-electron chi connectivity index (χ2n) is 7.52. The minimum Gasteiger partial charge on any atom is -0.496 e. The molecule has 2 aromatic carbocycles. The largest absolute Gasteiger partial charge is 0.496 e. The van der Waals surface area contributed by atoms with Crippen molar-refractivity contribution >= 4 is 5.91 Å². The number of methoxy groups -OCH3 is 1. The molecule has 2 aromatic heterocycles. The zero-order chi connectivity index (χ0) is 22.5. The van der Waals surface area contributed by atoms with Crippen LogP contribution in [0.25, 0.3) is 11.4 Å². The van der Waals surface area contributed by atoms with E-state index in [-0.39, 0.29) is 5.89 Å². The van der Waals surface area contributed by atoms with Crippen LogP contribution >= 0.6 is 0 Å². The number of carbonyl (C=O) groups is 1. The summed E-state index contributed by atoms with van der Waals surface area (Å²) in [7, 11) is 1.63. The van der Waals surface area contributed by atoms with Gasteiger partial charge in [0.15, 0.2) is 0 Å². The first-order valence-corrected chi connectivity index (χ1v) is 10.4. The van der Waals surface area contributed by atoms with Crippen molar-refractivity contribution in [3.8, 4) is 17.1 Å². The Morgan fingerprint density at radius 2 is 1.91 bits per heavy atom. The summed E-state index contributed by atoms with van der Waals surface area (Å²) in [5.41, 5.74) is 5.02. The zero-order valence-corrected chi connectivity index (χ0v) is 18.3. The molecule has 1 N–H and O–H groups in total. The predicted molar refractivity (Wildman–Crippen MR) is 120 cm³/mol. The molecule has 0 atom stereocenters. The number of hydrogen-bond donors (Lipinski definition) is 1. The molecule has 164 valence electrons. The van der Waals surface area contributed by atoms with Gasteiger partial charge in [-0.25, -0.2) is 0 Å². The maximum atomic E-state index is 12.4. The summed E-state index contributed by atoms with van der Waals surface area (Å²) in [5.74, 6) is 0.701. The van der Waals surface area contributed by atoms with Gasteiger partial charge >= 0.3 is 11.8 Å². The summed E-state index contributed by atoms with van der Waals surface area (Å²) in [4.78, 5) is 16.6. The summed E-state index contributed by atoms with van der Waals surface area (Å²) in [5, 5.41) is 11.2. The Bertz CT molecular complexity index is 1210. The highest BCUT2D eigenvalue weighted by atomic mass is 16.5. The van der Waals surface area contributed by atoms with Gasteiger partial charge in [-0.05, 0) is 43.5 Å². The van der Waals surface area contributed by atoms with Crippen molar-refractivity contribution in [3.63, 3.8) is 0 Å². The average molecular weight is 431 g/mol. The Morgan fingerprint density at radius 1 is 1.12 bits per heavy atom. The molecule has 0 bridgehead atoms. The van der Waals surface area contributed by atoms with Crippen molar-refractivity contribution in [1.29, 1.82) is 0 Å². The predicted octanol–water partition coefficient (Wildman–Crippen LogP) is 3.58. The van der Waals surface area contributed by atoms with E-state index in [1.807, 2.05) is 67.1 Å². The van der Waals surface area contributed by atoms with E-state index in [1.165, 1.54) is 0 Å². The summed E-state index contributed by atoms with van der Waals surface area (Å²) in [6.45, 7) is 5.13. The normalized spacial score (nSPS) is 10.8. The standard InChI is InChI=1S/C24H25N5O3/c1-16-14-17(2)29(27-16)15-18-8-10-20(11-9-18)22-26-24(32-28-22)23(30)25-13-12-19-6-4-5-7-21(19)31-3/h4-11,14H,12-13,15H2,1-3H3,(H,25,30). The molecular formula is C24H25N5O3. The highest BCUT2D eigenvalue weighted by Crippen LogP contribution is 2.19. The van der Waals surface area contributed by atoms with E-state index in [9.17, 15) is 4.79 Å². The number of para-hydroxylation sites is 1. The molecule has 0 fully saturated rings. The lowest BCUT2D eigenvalue weighted by atomic mass is 10.1. The fourth-order valence-corrected chi connectivity index (χ4v) is 3.50. The number of rotatable bonds is 8. The third-order valence-electron chi connectivity index (χ3n) is 5.14. The summed E-state index contributed by atoms with van der Waals surface area (Å²) < 4.78 is 12.5. The molecule has 32 heavy (non-hydrogen) atoms. The van der Waals surface area contributed by atoms with Crippen LogP contribution in [0.1, 0.15) is 33.2 Å². The number of nitrogens with one attached hydrogen (secondary N) is 1. The molecular weight excluding hydrogens is 406 g/mol. The number of carbonyl (C=O) groups excluding carboxylic acids is 1. The first-order chi connectivity index (χ1) is 15.5. The van der Waals surface area contributed by atoms with Crippen molar-refractivity contribution in [2.75, 3.05) is 13.7 Å². The van der Waals surface area contributed by atoms with Crippen LogP contribution in [0.2, 0.25) is 0 Å². The maximum absolute atomic E-state index is 12.4. The van der Waals surface area contributed by atoms with E-state index in [2.05, 4.69) is 26.6 Å². The van der Waals surface area contributed by atoms with E-state index in [4.69, 9.17) is 9.26 Å². The van der Waals surface area contributed by atoms with Gasteiger partial charge in [0.25, 0.3) is 0 Å². The Kier molecular flexibility index (Phi) is 6.30. The molecule has 0 unspecified atom stereocenters. The lowest BCUT2D eigenvalue weighted by molar-refractivity contribution is 0.0910. The average Bonchev–Trinajstić information content (AvgIpc) is 3.41. The van der Waals surface area contributed by atoms with Gasteiger partial charge in [-0.3, -0.25) is 9.48 Å². The fraction of sp³-hybridized carbons (Fsp3) is 0.250. The molecule has 0 aliphatic heterocycles. The van der Waals surface area contributed by atoms with Crippen molar-refractivity contribution in [2.24, 2.45) is 0 Å². The van der Waals surface area contributed by atoms with Gasteiger partial charge in [0, 0.05) is 17.8 Å². The molecule has 4 rings (SSSR count). The lowest BCUT2D eigenvalue weighted by Gasteiger charge is -2.08. The topological polar surface area (TPSA) is 95.1 Å². The fourth-order valence-electron chi connectivity index (χ4n) is 3.50. The van der Waals surface area contributed by atoms with Gasteiger partial charge in [0.1, 0.15) is 5.75 Å². The van der Waals surface area contributed by atoms with Gasteiger partial charge in [-0.1, -0.05) is 47.6 Å². The quantitative estimate of drug-likeness (QED) is 0.458. The third-order valence-corrected chi connectivity index (χ3v) is 5.14. The molecule has 8 heteroatoms. The Hall–Kier alpha value is -3.94. The number of amides is 1.